The first-order chi connectivity index (χ1) is 11.5. The quantitative estimate of drug-likeness (QED) is 0.850. The molecule has 2 heterocycles. The fourth-order valence-corrected chi connectivity index (χ4v) is 3.19. The predicted molar refractivity (Wildman–Crippen MR) is 92.0 cm³/mol. The molecule has 0 radical (unpaired) electrons. The van der Waals surface area contributed by atoms with Gasteiger partial charge < -0.3 is 4.90 Å². The zero-order chi connectivity index (χ0) is 17.1. The standard InChI is InChI=1S/C17H21ClN4O2/c1-20(11-13-6-5-7-14(18)10-13)16(23)12-22-17(24)21-9-4-2-3-8-15(21)19-22/h5-7,10H,2-4,8-9,11-12H2,1H3. The Morgan fingerprint density at radius 2 is 2.17 bits per heavy atom. The van der Waals surface area contributed by atoms with E-state index in [2.05, 4.69) is 5.10 Å². The molecule has 1 aromatic carbocycles. The number of fused-ring (bicyclic) bond motifs is 1. The molecule has 1 aliphatic heterocycles. The largest absolute Gasteiger partial charge is 0.346 e. The molecule has 0 saturated carbocycles. The first kappa shape index (κ1) is 16.8. The molecule has 6 nitrogen and oxygen atoms in total. The highest BCUT2D eigenvalue weighted by molar-refractivity contribution is 6.30. The van der Waals surface area contributed by atoms with Crippen LogP contribution in [0.2, 0.25) is 5.02 Å². The van der Waals surface area contributed by atoms with Gasteiger partial charge in [-0.3, -0.25) is 9.36 Å². The molecule has 0 bridgehead atoms. The van der Waals surface area contributed by atoms with Crippen molar-refractivity contribution in [2.75, 3.05) is 7.05 Å². The van der Waals surface area contributed by atoms with E-state index in [0.29, 0.717) is 18.1 Å². The zero-order valence-corrected chi connectivity index (χ0v) is 14.5. The van der Waals surface area contributed by atoms with Crippen LogP contribution in [0.3, 0.4) is 0 Å². The maximum Gasteiger partial charge on any atom is 0.346 e. The Labute approximate surface area is 145 Å². The molecule has 128 valence electrons. The number of benzene rings is 1. The summed E-state index contributed by atoms with van der Waals surface area (Å²) in [5, 5.41) is 4.99. The van der Waals surface area contributed by atoms with E-state index < -0.39 is 0 Å². The molecule has 1 aliphatic rings. The van der Waals surface area contributed by atoms with Gasteiger partial charge in [-0.15, -0.1) is 0 Å². The second-order valence-corrected chi connectivity index (χ2v) is 6.63. The van der Waals surface area contributed by atoms with Crippen LogP contribution in [0, 0.1) is 0 Å². The zero-order valence-electron chi connectivity index (χ0n) is 13.7. The average molecular weight is 349 g/mol. The number of hydrogen-bond donors (Lipinski definition) is 0. The van der Waals surface area contributed by atoms with E-state index in [0.717, 1.165) is 37.1 Å². The summed E-state index contributed by atoms with van der Waals surface area (Å²) in [6.07, 6.45) is 3.94. The minimum atomic E-state index is -0.184. The number of likely N-dealkylation sites (N-methyl/N-ethyl adjacent to an activating group) is 1. The van der Waals surface area contributed by atoms with Gasteiger partial charge in [-0.2, -0.15) is 5.10 Å². The van der Waals surface area contributed by atoms with Gasteiger partial charge in [0.25, 0.3) is 0 Å². The minimum absolute atomic E-state index is 0.0318. The third-order valence-electron chi connectivity index (χ3n) is 4.30. The second kappa shape index (κ2) is 7.21. The fraction of sp³-hybridized carbons (Fsp3) is 0.471. The summed E-state index contributed by atoms with van der Waals surface area (Å²) >= 11 is 5.97. The molecule has 2 aromatic rings. The first-order valence-corrected chi connectivity index (χ1v) is 8.57. The highest BCUT2D eigenvalue weighted by atomic mass is 35.5. The fourth-order valence-electron chi connectivity index (χ4n) is 2.97. The Bertz CT molecular complexity index is 796. The van der Waals surface area contributed by atoms with Crippen LogP contribution < -0.4 is 5.69 Å². The van der Waals surface area contributed by atoms with Crippen molar-refractivity contribution in [2.45, 2.75) is 45.3 Å². The molecule has 0 fully saturated rings. The van der Waals surface area contributed by atoms with E-state index >= 15 is 0 Å². The molecule has 0 atom stereocenters. The average Bonchev–Trinajstić information content (AvgIpc) is 2.73. The summed E-state index contributed by atoms with van der Waals surface area (Å²) < 4.78 is 2.99. The smallest absolute Gasteiger partial charge is 0.340 e. The van der Waals surface area contributed by atoms with Gasteiger partial charge in [-0.25, -0.2) is 9.48 Å². The maximum atomic E-state index is 12.4. The molecular formula is C17H21ClN4O2. The van der Waals surface area contributed by atoms with E-state index in [1.807, 2.05) is 18.2 Å². The van der Waals surface area contributed by atoms with E-state index in [9.17, 15) is 9.59 Å². The number of hydrogen-bond acceptors (Lipinski definition) is 3. The number of nitrogens with zero attached hydrogens (tertiary/aromatic N) is 4. The topological polar surface area (TPSA) is 60.1 Å². The SMILES string of the molecule is CN(Cc1cccc(Cl)c1)C(=O)Cn1nc2n(c1=O)CCCCC2. The summed E-state index contributed by atoms with van der Waals surface area (Å²) in [5.41, 5.74) is 0.766. The van der Waals surface area contributed by atoms with Gasteiger partial charge >= 0.3 is 5.69 Å². The molecule has 0 aliphatic carbocycles. The lowest BCUT2D eigenvalue weighted by molar-refractivity contribution is -0.131. The summed E-state index contributed by atoms with van der Waals surface area (Å²) in [5.74, 6) is 0.646. The molecule has 0 unspecified atom stereocenters. The van der Waals surface area contributed by atoms with E-state index in [-0.39, 0.29) is 18.1 Å². The van der Waals surface area contributed by atoms with E-state index in [1.54, 1.807) is 22.6 Å². The monoisotopic (exact) mass is 348 g/mol. The number of aryl methyl sites for hydroxylation is 1. The first-order valence-electron chi connectivity index (χ1n) is 8.19. The third-order valence-corrected chi connectivity index (χ3v) is 4.54. The van der Waals surface area contributed by atoms with Crippen molar-refractivity contribution in [3.8, 4) is 0 Å². The molecule has 0 spiro atoms. The minimum Gasteiger partial charge on any atom is -0.340 e. The summed E-state index contributed by atoms with van der Waals surface area (Å²) in [4.78, 5) is 26.4. The van der Waals surface area contributed by atoms with Gasteiger partial charge in [0.1, 0.15) is 12.4 Å². The molecule has 24 heavy (non-hydrogen) atoms. The summed E-state index contributed by atoms with van der Waals surface area (Å²) in [6.45, 7) is 1.11. The van der Waals surface area contributed by atoms with Crippen molar-refractivity contribution in [3.05, 3.63) is 51.2 Å². The Morgan fingerprint density at radius 1 is 1.33 bits per heavy atom. The van der Waals surface area contributed by atoms with Crippen molar-refractivity contribution in [2.24, 2.45) is 0 Å². The third kappa shape index (κ3) is 3.70. The molecule has 0 saturated heterocycles. The highest BCUT2D eigenvalue weighted by Crippen LogP contribution is 2.13. The van der Waals surface area contributed by atoms with Gasteiger partial charge in [0, 0.05) is 31.6 Å². The molecule has 1 aromatic heterocycles. The Kier molecular flexibility index (Phi) is 5.04. The van der Waals surface area contributed by atoms with E-state index in [1.165, 1.54) is 4.68 Å². The van der Waals surface area contributed by atoms with E-state index in [4.69, 9.17) is 11.6 Å². The number of halogens is 1. The van der Waals surface area contributed by atoms with Crippen LogP contribution in [-0.2, 0) is 30.8 Å². The van der Waals surface area contributed by atoms with Gasteiger partial charge in [0.15, 0.2) is 0 Å². The molecule has 0 N–H and O–H groups in total. The van der Waals surface area contributed by atoms with Gasteiger partial charge in [-0.1, -0.05) is 30.2 Å². The number of carbonyl (C=O) groups excluding carboxylic acids is 1. The Hall–Kier alpha value is -2.08. The summed E-state index contributed by atoms with van der Waals surface area (Å²) in [6, 6.07) is 7.40. The van der Waals surface area contributed by atoms with Crippen molar-refractivity contribution in [1.29, 1.82) is 0 Å². The summed E-state index contributed by atoms with van der Waals surface area (Å²) in [7, 11) is 1.72. The van der Waals surface area contributed by atoms with Crippen LogP contribution in [0.1, 0.15) is 30.7 Å². The van der Waals surface area contributed by atoms with Crippen LogP contribution in [0.25, 0.3) is 0 Å². The van der Waals surface area contributed by atoms with Crippen LogP contribution in [0.5, 0.6) is 0 Å². The Morgan fingerprint density at radius 3 is 2.96 bits per heavy atom. The lowest BCUT2D eigenvalue weighted by Crippen LogP contribution is -2.34. The maximum absolute atomic E-state index is 12.4. The second-order valence-electron chi connectivity index (χ2n) is 6.20. The Balaban J connectivity index is 1.69. The van der Waals surface area contributed by atoms with Crippen molar-refractivity contribution in [3.63, 3.8) is 0 Å². The number of rotatable bonds is 4. The van der Waals surface area contributed by atoms with Crippen LogP contribution in [0.4, 0.5) is 0 Å². The van der Waals surface area contributed by atoms with Crippen molar-refractivity contribution in [1.82, 2.24) is 19.2 Å². The number of carbonyl (C=O) groups is 1. The molecule has 3 rings (SSSR count). The lowest BCUT2D eigenvalue weighted by Gasteiger charge is -2.17. The number of aromatic nitrogens is 3. The highest BCUT2D eigenvalue weighted by Gasteiger charge is 2.18. The van der Waals surface area contributed by atoms with Gasteiger partial charge in [-0.05, 0) is 30.5 Å². The van der Waals surface area contributed by atoms with Gasteiger partial charge in [0.05, 0.1) is 0 Å². The molecular weight excluding hydrogens is 328 g/mol. The van der Waals surface area contributed by atoms with Crippen molar-refractivity contribution >= 4 is 17.5 Å². The van der Waals surface area contributed by atoms with Crippen LogP contribution >= 0.6 is 11.6 Å². The van der Waals surface area contributed by atoms with Crippen LogP contribution in [-0.4, -0.2) is 32.2 Å². The molecule has 7 heteroatoms. The van der Waals surface area contributed by atoms with Crippen LogP contribution in [0.15, 0.2) is 29.1 Å². The van der Waals surface area contributed by atoms with Crippen molar-refractivity contribution < 1.29 is 4.79 Å². The normalized spacial score (nSPS) is 14.1. The lowest BCUT2D eigenvalue weighted by atomic mass is 10.2. The predicted octanol–water partition coefficient (Wildman–Crippen LogP) is 2.08. The van der Waals surface area contributed by atoms with Gasteiger partial charge in [0.2, 0.25) is 5.91 Å². The molecule has 1 amide bonds. The number of amides is 1.